The number of halogens is 1. The van der Waals surface area contributed by atoms with Crippen molar-refractivity contribution in [2.75, 3.05) is 42.4 Å². The smallest absolute Gasteiger partial charge is 0.310 e. The van der Waals surface area contributed by atoms with E-state index in [0.717, 1.165) is 69.7 Å². The fraction of sp³-hybridized carbons (Fsp3) is 0.480. The molecule has 1 N–H and O–H groups in total. The van der Waals surface area contributed by atoms with E-state index in [1.807, 2.05) is 25.1 Å². The van der Waals surface area contributed by atoms with Crippen LogP contribution in [0.5, 0.6) is 0 Å². The van der Waals surface area contributed by atoms with Crippen LogP contribution in [0.4, 0.5) is 15.8 Å². The summed E-state index contributed by atoms with van der Waals surface area (Å²) in [5.41, 5.74) is 1.43. The zero-order valence-corrected chi connectivity index (χ0v) is 20.3. The van der Waals surface area contributed by atoms with Gasteiger partial charge in [-0.05, 0) is 81.6 Å². The molecular weight excluding hydrogens is 457 g/mol. The summed E-state index contributed by atoms with van der Waals surface area (Å²) < 4.78 is 46.3. The van der Waals surface area contributed by atoms with E-state index in [9.17, 15) is 17.6 Å². The second kappa shape index (κ2) is 10.7. The van der Waals surface area contributed by atoms with Crippen molar-refractivity contribution in [1.29, 1.82) is 0 Å². The van der Waals surface area contributed by atoms with Crippen molar-refractivity contribution in [1.82, 2.24) is 4.90 Å². The number of piperidine rings is 2. The molecule has 7 nitrogen and oxygen atoms in total. The number of carbonyl (C=O) groups excluding carboxylic acids is 1. The molecular formula is C25H32FN3O4S. The number of nitrogens with zero attached hydrogens (tertiary/aromatic N) is 2. The van der Waals surface area contributed by atoms with Crippen molar-refractivity contribution in [3.8, 4) is 0 Å². The van der Waals surface area contributed by atoms with Crippen LogP contribution in [0.25, 0.3) is 0 Å². The minimum absolute atomic E-state index is 0.0165. The number of rotatable bonds is 7. The van der Waals surface area contributed by atoms with Crippen molar-refractivity contribution >= 4 is 27.4 Å². The lowest BCUT2D eigenvalue weighted by Gasteiger charge is -2.42. The molecule has 1 atom stereocenters. The second-order valence-corrected chi connectivity index (χ2v) is 10.6. The average molecular weight is 490 g/mol. The maximum absolute atomic E-state index is 13.1. The highest BCUT2D eigenvalue weighted by atomic mass is 32.2. The minimum Gasteiger partial charge on any atom is -0.466 e. The van der Waals surface area contributed by atoms with E-state index in [1.54, 1.807) is 6.07 Å². The summed E-state index contributed by atoms with van der Waals surface area (Å²) in [7, 11) is -3.80. The van der Waals surface area contributed by atoms with Crippen LogP contribution in [0.2, 0.25) is 0 Å². The summed E-state index contributed by atoms with van der Waals surface area (Å²) in [6.45, 7) is 5.77. The molecule has 0 saturated carbocycles. The maximum Gasteiger partial charge on any atom is 0.310 e. The van der Waals surface area contributed by atoms with Gasteiger partial charge in [-0.15, -0.1) is 0 Å². The van der Waals surface area contributed by atoms with E-state index in [1.165, 1.54) is 12.1 Å². The van der Waals surface area contributed by atoms with Gasteiger partial charge in [0.25, 0.3) is 10.0 Å². The number of nitrogens with one attached hydrogen (secondary N) is 1. The predicted molar refractivity (Wildman–Crippen MR) is 130 cm³/mol. The lowest BCUT2D eigenvalue weighted by Crippen LogP contribution is -2.49. The van der Waals surface area contributed by atoms with Crippen LogP contribution in [0.1, 0.15) is 32.6 Å². The van der Waals surface area contributed by atoms with Gasteiger partial charge >= 0.3 is 5.97 Å². The highest BCUT2D eigenvalue weighted by Gasteiger charge is 2.32. The monoisotopic (exact) mass is 489 g/mol. The van der Waals surface area contributed by atoms with Gasteiger partial charge in [-0.1, -0.05) is 6.07 Å². The third kappa shape index (κ3) is 5.88. The molecule has 2 saturated heterocycles. The Hall–Kier alpha value is -2.65. The molecule has 0 amide bonds. The van der Waals surface area contributed by atoms with Crippen LogP contribution >= 0.6 is 0 Å². The highest BCUT2D eigenvalue weighted by molar-refractivity contribution is 7.92. The lowest BCUT2D eigenvalue weighted by atomic mass is 9.94. The number of hydrogen-bond acceptors (Lipinski definition) is 6. The molecule has 9 heteroatoms. The van der Waals surface area contributed by atoms with E-state index in [2.05, 4.69) is 14.5 Å². The molecule has 4 rings (SSSR count). The normalized spacial score (nSPS) is 20.2. The summed E-state index contributed by atoms with van der Waals surface area (Å²) in [4.78, 5) is 16.9. The summed E-state index contributed by atoms with van der Waals surface area (Å²) in [5.74, 6) is -0.590. The molecule has 2 aliphatic rings. The Labute approximate surface area is 200 Å². The third-order valence-electron chi connectivity index (χ3n) is 6.64. The summed E-state index contributed by atoms with van der Waals surface area (Å²) in [6.07, 6.45) is 3.89. The first-order chi connectivity index (χ1) is 16.4. The Morgan fingerprint density at radius 2 is 1.82 bits per heavy atom. The Morgan fingerprint density at radius 3 is 2.53 bits per heavy atom. The van der Waals surface area contributed by atoms with E-state index < -0.39 is 15.8 Å². The summed E-state index contributed by atoms with van der Waals surface area (Å²) in [6, 6.07) is 12.6. The second-order valence-electron chi connectivity index (χ2n) is 8.91. The number of anilines is 2. The van der Waals surface area contributed by atoms with Gasteiger partial charge in [0.2, 0.25) is 0 Å². The zero-order valence-electron chi connectivity index (χ0n) is 19.5. The number of likely N-dealkylation sites (tertiary alicyclic amines) is 1. The molecule has 2 aromatic rings. The maximum atomic E-state index is 13.1. The summed E-state index contributed by atoms with van der Waals surface area (Å²) in [5, 5.41) is 0. The first-order valence-electron chi connectivity index (χ1n) is 11.9. The molecule has 2 heterocycles. The third-order valence-corrected chi connectivity index (χ3v) is 8.04. The van der Waals surface area contributed by atoms with Crippen molar-refractivity contribution in [2.45, 2.75) is 43.5 Å². The summed E-state index contributed by atoms with van der Waals surface area (Å²) >= 11 is 0. The van der Waals surface area contributed by atoms with E-state index in [0.29, 0.717) is 18.3 Å². The number of ether oxygens (including phenoxy) is 1. The van der Waals surface area contributed by atoms with Gasteiger partial charge in [-0.2, -0.15) is 0 Å². The zero-order chi connectivity index (χ0) is 24.1. The molecule has 2 fully saturated rings. The van der Waals surface area contributed by atoms with Gasteiger partial charge < -0.3 is 9.64 Å². The van der Waals surface area contributed by atoms with Gasteiger partial charge in [0, 0.05) is 31.4 Å². The Kier molecular flexibility index (Phi) is 7.73. The Morgan fingerprint density at radius 1 is 1.09 bits per heavy atom. The average Bonchev–Trinajstić information content (AvgIpc) is 2.84. The fourth-order valence-corrected chi connectivity index (χ4v) is 5.92. The number of hydrogen-bond donors (Lipinski definition) is 1. The Balaban J connectivity index is 1.35. The van der Waals surface area contributed by atoms with Gasteiger partial charge in [0.1, 0.15) is 5.82 Å². The molecule has 0 aromatic heterocycles. The van der Waals surface area contributed by atoms with Gasteiger partial charge in [-0.3, -0.25) is 14.4 Å². The predicted octanol–water partition coefficient (Wildman–Crippen LogP) is 3.87. The topological polar surface area (TPSA) is 79.0 Å². The molecule has 0 bridgehead atoms. The van der Waals surface area contributed by atoms with E-state index in [4.69, 9.17) is 4.74 Å². The van der Waals surface area contributed by atoms with Crippen molar-refractivity contribution in [2.24, 2.45) is 5.92 Å². The van der Waals surface area contributed by atoms with Crippen LogP contribution in [-0.2, 0) is 19.6 Å². The lowest BCUT2D eigenvalue weighted by molar-refractivity contribution is -0.150. The van der Waals surface area contributed by atoms with E-state index >= 15 is 0 Å². The van der Waals surface area contributed by atoms with Crippen LogP contribution in [0, 0.1) is 11.7 Å². The largest absolute Gasteiger partial charge is 0.466 e. The number of esters is 1. The first kappa shape index (κ1) is 24.5. The molecule has 1 unspecified atom stereocenters. The van der Waals surface area contributed by atoms with Gasteiger partial charge in [0.15, 0.2) is 0 Å². The van der Waals surface area contributed by atoms with Gasteiger partial charge in [-0.25, -0.2) is 12.8 Å². The van der Waals surface area contributed by atoms with E-state index in [-0.39, 0.29) is 16.8 Å². The van der Waals surface area contributed by atoms with Crippen LogP contribution in [-0.4, -0.2) is 58.1 Å². The molecule has 34 heavy (non-hydrogen) atoms. The molecule has 184 valence electrons. The first-order valence-corrected chi connectivity index (χ1v) is 13.4. The SMILES string of the molecule is CCOC(=O)C1CCCN(C2CCN(c3cccc(NS(=O)(=O)c4ccc(F)cc4)c3)CC2)C1. The highest BCUT2D eigenvalue weighted by Crippen LogP contribution is 2.28. The molecule has 0 radical (unpaired) electrons. The quantitative estimate of drug-likeness (QED) is 0.595. The number of sulfonamides is 1. The molecule has 0 spiro atoms. The van der Waals surface area contributed by atoms with Crippen molar-refractivity contribution in [3.05, 3.63) is 54.3 Å². The molecule has 2 aromatic carbocycles. The van der Waals surface area contributed by atoms with Gasteiger partial charge in [0.05, 0.1) is 23.1 Å². The Bertz CT molecular complexity index is 1090. The molecule has 2 aliphatic heterocycles. The number of benzene rings is 2. The van der Waals surface area contributed by atoms with Crippen LogP contribution in [0.15, 0.2) is 53.4 Å². The minimum atomic E-state index is -3.80. The molecule has 0 aliphatic carbocycles. The van der Waals surface area contributed by atoms with Crippen LogP contribution < -0.4 is 9.62 Å². The van der Waals surface area contributed by atoms with Crippen LogP contribution in [0.3, 0.4) is 0 Å². The number of carbonyl (C=O) groups is 1. The standard InChI is InChI=1S/C25H32FN3O4S/c1-2-33-25(30)19-5-4-14-29(18-19)22-12-15-28(16-13-22)23-7-3-6-21(17-23)27-34(31,32)24-10-8-20(26)9-11-24/h3,6-11,17,19,22,27H,2,4-5,12-16,18H2,1H3. The van der Waals surface area contributed by atoms with Crippen molar-refractivity contribution in [3.63, 3.8) is 0 Å². The fourth-order valence-electron chi connectivity index (χ4n) is 4.87. The van der Waals surface area contributed by atoms with Crippen molar-refractivity contribution < 1.29 is 22.3 Å².